The van der Waals surface area contributed by atoms with E-state index in [4.69, 9.17) is 0 Å². The summed E-state index contributed by atoms with van der Waals surface area (Å²) >= 11 is 0. The van der Waals surface area contributed by atoms with Crippen LogP contribution in [0.3, 0.4) is 0 Å². The van der Waals surface area contributed by atoms with Gasteiger partial charge in [-0.25, -0.2) is 0 Å². The molecule has 1 saturated heterocycles. The van der Waals surface area contributed by atoms with Crippen molar-refractivity contribution in [2.45, 2.75) is 53.1 Å². The molecule has 1 fully saturated rings. The lowest BCUT2D eigenvalue weighted by Crippen LogP contribution is -2.42. The van der Waals surface area contributed by atoms with Crippen molar-refractivity contribution in [1.82, 2.24) is 4.90 Å². The van der Waals surface area contributed by atoms with Crippen LogP contribution >= 0.6 is 0 Å². The molecule has 3 nitrogen and oxygen atoms in total. The summed E-state index contributed by atoms with van der Waals surface area (Å²) in [6.45, 7) is 9.49. The molecule has 15 heavy (non-hydrogen) atoms. The molecule has 0 aromatic rings. The van der Waals surface area contributed by atoms with E-state index >= 15 is 0 Å². The van der Waals surface area contributed by atoms with E-state index in [1.54, 1.807) is 18.7 Å². The number of nitrogens with zero attached hydrogens (tertiary/aromatic N) is 1. The largest absolute Gasteiger partial charge is 0.330 e. The Morgan fingerprint density at radius 2 is 1.80 bits per heavy atom. The number of amides is 1. The molecule has 1 rings (SSSR count). The fourth-order valence-corrected chi connectivity index (χ4v) is 2.76. The highest BCUT2D eigenvalue weighted by molar-refractivity contribution is 5.87. The van der Waals surface area contributed by atoms with Crippen molar-refractivity contribution in [2.24, 2.45) is 11.8 Å². The van der Waals surface area contributed by atoms with Gasteiger partial charge in [0.1, 0.15) is 0 Å². The molecule has 86 valence electrons. The van der Waals surface area contributed by atoms with E-state index in [-0.39, 0.29) is 23.8 Å². The van der Waals surface area contributed by atoms with E-state index in [1.165, 1.54) is 0 Å². The van der Waals surface area contributed by atoms with Crippen LogP contribution in [0.1, 0.15) is 41.0 Å². The quantitative estimate of drug-likeness (QED) is 0.699. The fraction of sp³-hybridized carbons (Fsp3) is 0.833. The SMILES string of the molecule is CC(=O)[C@@H]1C[C@@H](C(C)C)C(C)N1C(C)=O. The lowest BCUT2D eigenvalue weighted by molar-refractivity contribution is -0.137. The van der Waals surface area contributed by atoms with Gasteiger partial charge in [-0.2, -0.15) is 0 Å². The van der Waals surface area contributed by atoms with E-state index < -0.39 is 0 Å². The molecule has 0 aromatic heterocycles. The smallest absolute Gasteiger partial charge is 0.220 e. The van der Waals surface area contributed by atoms with Crippen molar-refractivity contribution in [3.63, 3.8) is 0 Å². The molecule has 3 atom stereocenters. The third-order valence-electron chi connectivity index (χ3n) is 3.58. The third kappa shape index (κ3) is 2.21. The maximum Gasteiger partial charge on any atom is 0.220 e. The second kappa shape index (κ2) is 4.33. The van der Waals surface area contributed by atoms with E-state index in [1.807, 2.05) is 0 Å². The van der Waals surface area contributed by atoms with E-state index in [0.717, 1.165) is 6.42 Å². The first-order valence-corrected chi connectivity index (χ1v) is 5.65. The van der Waals surface area contributed by atoms with Crippen molar-refractivity contribution >= 4 is 11.7 Å². The first-order valence-electron chi connectivity index (χ1n) is 5.65. The van der Waals surface area contributed by atoms with Gasteiger partial charge in [0.05, 0.1) is 6.04 Å². The Hall–Kier alpha value is -0.860. The van der Waals surface area contributed by atoms with Crippen LogP contribution < -0.4 is 0 Å². The monoisotopic (exact) mass is 211 g/mol. The van der Waals surface area contributed by atoms with E-state index in [2.05, 4.69) is 20.8 Å². The first-order chi connectivity index (χ1) is 6.86. The predicted molar refractivity (Wildman–Crippen MR) is 59.4 cm³/mol. The summed E-state index contributed by atoms with van der Waals surface area (Å²) in [5, 5.41) is 0. The lowest BCUT2D eigenvalue weighted by atomic mass is 9.88. The average molecular weight is 211 g/mol. The second-order valence-corrected chi connectivity index (χ2v) is 4.94. The Morgan fingerprint density at radius 3 is 2.07 bits per heavy atom. The number of ketones is 1. The highest BCUT2D eigenvalue weighted by Gasteiger charge is 2.42. The normalized spacial score (nSPS) is 31.1. The number of carbonyl (C=O) groups is 2. The summed E-state index contributed by atoms with van der Waals surface area (Å²) in [6.07, 6.45) is 0.827. The van der Waals surface area contributed by atoms with Crippen LogP contribution in [0, 0.1) is 11.8 Å². The molecule has 0 aliphatic carbocycles. The third-order valence-corrected chi connectivity index (χ3v) is 3.58. The summed E-state index contributed by atoms with van der Waals surface area (Å²) < 4.78 is 0. The van der Waals surface area contributed by atoms with Gasteiger partial charge in [0.15, 0.2) is 5.78 Å². The van der Waals surface area contributed by atoms with Gasteiger partial charge in [-0.1, -0.05) is 13.8 Å². The number of Topliss-reactive ketones (excluding diaryl/α,β-unsaturated/α-hetero) is 1. The van der Waals surface area contributed by atoms with Crippen LogP contribution in [0.15, 0.2) is 0 Å². The van der Waals surface area contributed by atoms with Crippen LogP contribution in [0.25, 0.3) is 0 Å². The van der Waals surface area contributed by atoms with Crippen molar-refractivity contribution in [3.8, 4) is 0 Å². The van der Waals surface area contributed by atoms with Crippen molar-refractivity contribution in [3.05, 3.63) is 0 Å². The van der Waals surface area contributed by atoms with Gasteiger partial charge in [0.2, 0.25) is 5.91 Å². The van der Waals surface area contributed by atoms with Crippen molar-refractivity contribution in [1.29, 1.82) is 0 Å². The van der Waals surface area contributed by atoms with Gasteiger partial charge in [0, 0.05) is 13.0 Å². The van der Waals surface area contributed by atoms with Crippen LogP contribution in [-0.2, 0) is 9.59 Å². The van der Waals surface area contributed by atoms with Crippen molar-refractivity contribution in [2.75, 3.05) is 0 Å². The van der Waals surface area contributed by atoms with Gasteiger partial charge < -0.3 is 4.90 Å². The van der Waals surface area contributed by atoms with Crippen LogP contribution in [0.4, 0.5) is 0 Å². The topological polar surface area (TPSA) is 37.4 Å². The minimum Gasteiger partial charge on any atom is -0.330 e. The van der Waals surface area contributed by atoms with E-state index in [9.17, 15) is 9.59 Å². The molecule has 0 aromatic carbocycles. The zero-order valence-electron chi connectivity index (χ0n) is 10.3. The Morgan fingerprint density at radius 1 is 1.27 bits per heavy atom. The van der Waals surface area contributed by atoms with Crippen LogP contribution in [-0.4, -0.2) is 28.7 Å². The molecular weight excluding hydrogens is 190 g/mol. The number of likely N-dealkylation sites (tertiary alicyclic amines) is 1. The molecule has 3 heteroatoms. The average Bonchev–Trinajstić information content (AvgIpc) is 2.42. The standard InChI is InChI=1S/C12H21NO2/c1-7(2)11-6-12(9(4)14)13(8(11)3)10(5)15/h7-8,11-12H,6H2,1-5H3/t8?,11-,12-/m0/s1. The van der Waals surface area contributed by atoms with Gasteiger partial charge >= 0.3 is 0 Å². The van der Waals surface area contributed by atoms with Crippen LogP contribution in [0.5, 0.6) is 0 Å². The van der Waals surface area contributed by atoms with E-state index in [0.29, 0.717) is 11.8 Å². The second-order valence-electron chi connectivity index (χ2n) is 4.94. The number of carbonyl (C=O) groups excluding carboxylic acids is 2. The van der Waals surface area contributed by atoms with Gasteiger partial charge in [-0.05, 0) is 32.1 Å². The molecule has 1 aliphatic heterocycles. The molecule has 1 unspecified atom stereocenters. The fourth-order valence-electron chi connectivity index (χ4n) is 2.76. The summed E-state index contributed by atoms with van der Waals surface area (Å²) in [5.41, 5.74) is 0. The number of rotatable bonds is 2. The first kappa shape index (κ1) is 12.2. The highest BCUT2D eigenvalue weighted by atomic mass is 16.2. The summed E-state index contributed by atoms with van der Waals surface area (Å²) in [5.74, 6) is 1.10. The van der Waals surface area contributed by atoms with Gasteiger partial charge in [-0.15, -0.1) is 0 Å². The Bertz CT molecular complexity index is 273. The Balaban J connectivity index is 2.92. The van der Waals surface area contributed by atoms with Gasteiger partial charge in [0.25, 0.3) is 0 Å². The molecule has 0 N–H and O–H groups in total. The van der Waals surface area contributed by atoms with Crippen molar-refractivity contribution < 1.29 is 9.59 Å². The molecule has 0 radical (unpaired) electrons. The zero-order valence-corrected chi connectivity index (χ0v) is 10.3. The van der Waals surface area contributed by atoms with Gasteiger partial charge in [-0.3, -0.25) is 9.59 Å². The maximum absolute atomic E-state index is 11.5. The summed E-state index contributed by atoms with van der Waals surface area (Å²) in [7, 11) is 0. The predicted octanol–water partition coefficient (Wildman–Crippen LogP) is 1.86. The Labute approximate surface area is 91.8 Å². The molecule has 1 heterocycles. The molecule has 1 amide bonds. The number of hydrogen-bond acceptors (Lipinski definition) is 2. The lowest BCUT2D eigenvalue weighted by Gasteiger charge is -2.27. The highest BCUT2D eigenvalue weighted by Crippen LogP contribution is 2.35. The molecule has 1 aliphatic rings. The number of hydrogen-bond donors (Lipinski definition) is 0. The zero-order chi connectivity index (χ0) is 11.7. The minimum absolute atomic E-state index is 0.0193. The molecule has 0 spiro atoms. The van der Waals surface area contributed by atoms with Crippen LogP contribution in [0.2, 0.25) is 0 Å². The maximum atomic E-state index is 11.5. The molecule has 0 saturated carbocycles. The molecule has 0 bridgehead atoms. The molecular formula is C12H21NO2. The minimum atomic E-state index is -0.190. The Kier molecular flexibility index (Phi) is 3.53. The summed E-state index contributed by atoms with van der Waals surface area (Å²) in [6, 6.07) is 0.00120. The summed E-state index contributed by atoms with van der Waals surface area (Å²) in [4.78, 5) is 24.8.